The molecule has 1 aliphatic heterocycles. The Labute approximate surface area is 90.1 Å². The van der Waals surface area contributed by atoms with E-state index < -0.39 is 0 Å². The SMILES string of the molecule is CCC(CC)N1CC(CN=[N+]=[N-])CC1=O. The zero-order chi connectivity index (χ0) is 11.3. The van der Waals surface area contributed by atoms with Crippen LogP contribution in [0.25, 0.3) is 10.4 Å². The molecule has 1 rings (SSSR count). The molecule has 5 nitrogen and oxygen atoms in total. The number of azide groups is 1. The molecule has 1 fully saturated rings. The molecule has 0 aromatic rings. The largest absolute Gasteiger partial charge is 0.339 e. The van der Waals surface area contributed by atoms with E-state index in [0.717, 1.165) is 19.4 Å². The third-order valence-corrected chi connectivity index (χ3v) is 3.02. The van der Waals surface area contributed by atoms with Gasteiger partial charge in [0.25, 0.3) is 0 Å². The van der Waals surface area contributed by atoms with Gasteiger partial charge in [-0.3, -0.25) is 4.79 Å². The highest BCUT2D eigenvalue weighted by molar-refractivity contribution is 5.79. The maximum Gasteiger partial charge on any atom is 0.223 e. The number of nitrogens with zero attached hydrogens (tertiary/aromatic N) is 4. The molecule has 0 aromatic heterocycles. The number of hydrogen-bond donors (Lipinski definition) is 0. The second-order valence-electron chi connectivity index (χ2n) is 4.00. The van der Waals surface area contributed by atoms with E-state index in [1.807, 2.05) is 4.90 Å². The molecule has 1 unspecified atom stereocenters. The molecule has 1 aliphatic rings. The average Bonchev–Trinajstić information content (AvgIpc) is 2.59. The molecule has 15 heavy (non-hydrogen) atoms. The standard InChI is InChI=1S/C10H18N4O/c1-3-9(4-2)14-7-8(5-10(14)15)6-12-13-11/h8-9H,3-7H2,1-2H3. The Morgan fingerprint density at radius 1 is 1.60 bits per heavy atom. The van der Waals surface area contributed by atoms with Gasteiger partial charge in [0, 0.05) is 30.5 Å². The summed E-state index contributed by atoms with van der Waals surface area (Å²) in [6.45, 7) is 5.40. The van der Waals surface area contributed by atoms with Crippen LogP contribution >= 0.6 is 0 Å². The van der Waals surface area contributed by atoms with Crippen molar-refractivity contribution in [2.75, 3.05) is 13.1 Å². The quantitative estimate of drug-likeness (QED) is 0.390. The highest BCUT2D eigenvalue weighted by atomic mass is 16.2. The molecular formula is C10H18N4O. The number of rotatable bonds is 5. The molecule has 0 N–H and O–H groups in total. The van der Waals surface area contributed by atoms with Gasteiger partial charge >= 0.3 is 0 Å². The molecule has 0 aromatic carbocycles. The molecule has 1 amide bonds. The van der Waals surface area contributed by atoms with Gasteiger partial charge in [-0.2, -0.15) is 0 Å². The van der Waals surface area contributed by atoms with Crippen molar-refractivity contribution in [1.29, 1.82) is 0 Å². The van der Waals surface area contributed by atoms with Gasteiger partial charge in [0.1, 0.15) is 0 Å². The van der Waals surface area contributed by atoms with Gasteiger partial charge in [-0.1, -0.05) is 19.0 Å². The van der Waals surface area contributed by atoms with Crippen LogP contribution < -0.4 is 0 Å². The lowest BCUT2D eigenvalue weighted by Crippen LogP contribution is -2.35. The summed E-state index contributed by atoms with van der Waals surface area (Å²) in [7, 11) is 0. The third-order valence-electron chi connectivity index (χ3n) is 3.02. The van der Waals surface area contributed by atoms with E-state index in [2.05, 4.69) is 23.9 Å². The van der Waals surface area contributed by atoms with Crippen LogP contribution in [0.4, 0.5) is 0 Å². The van der Waals surface area contributed by atoms with Crippen molar-refractivity contribution in [1.82, 2.24) is 4.90 Å². The van der Waals surface area contributed by atoms with Crippen molar-refractivity contribution in [3.63, 3.8) is 0 Å². The Kier molecular flexibility index (Phi) is 4.43. The Morgan fingerprint density at radius 2 is 2.27 bits per heavy atom. The number of carbonyl (C=O) groups is 1. The van der Waals surface area contributed by atoms with Gasteiger partial charge in [0.2, 0.25) is 5.91 Å². The summed E-state index contributed by atoms with van der Waals surface area (Å²) in [4.78, 5) is 16.4. The van der Waals surface area contributed by atoms with E-state index in [1.54, 1.807) is 0 Å². The van der Waals surface area contributed by atoms with Crippen molar-refractivity contribution < 1.29 is 4.79 Å². The molecule has 0 radical (unpaired) electrons. The lowest BCUT2D eigenvalue weighted by Gasteiger charge is -2.26. The summed E-state index contributed by atoms with van der Waals surface area (Å²) in [5.41, 5.74) is 8.22. The van der Waals surface area contributed by atoms with Gasteiger partial charge in [0.15, 0.2) is 0 Å². The molecule has 1 saturated heterocycles. The topological polar surface area (TPSA) is 69.1 Å². The molecule has 84 valence electrons. The number of hydrogen-bond acceptors (Lipinski definition) is 2. The van der Waals surface area contributed by atoms with E-state index in [-0.39, 0.29) is 11.8 Å². The predicted octanol–water partition coefficient (Wildman–Crippen LogP) is 2.33. The fourth-order valence-electron chi connectivity index (χ4n) is 2.17. The Balaban J connectivity index is 2.55. The lowest BCUT2D eigenvalue weighted by atomic mass is 10.1. The first-order chi connectivity index (χ1) is 7.22. The Morgan fingerprint density at radius 3 is 2.80 bits per heavy atom. The van der Waals surface area contributed by atoms with Crippen molar-refractivity contribution in [2.45, 2.75) is 39.2 Å². The van der Waals surface area contributed by atoms with Gasteiger partial charge in [-0.15, -0.1) is 0 Å². The molecule has 0 bridgehead atoms. The minimum absolute atomic E-state index is 0.210. The highest BCUT2D eigenvalue weighted by Gasteiger charge is 2.32. The second-order valence-corrected chi connectivity index (χ2v) is 4.00. The van der Waals surface area contributed by atoms with Crippen LogP contribution in [0.15, 0.2) is 5.11 Å². The Hall–Kier alpha value is -1.22. The summed E-state index contributed by atoms with van der Waals surface area (Å²) >= 11 is 0. The third kappa shape index (κ3) is 2.86. The van der Waals surface area contributed by atoms with Crippen LogP contribution in [0.3, 0.4) is 0 Å². The van der Waals surface area contributed by atoms with E-state index in [4.69, 9.17) is 5.53 Å². The van der Waals surface area contributed by atoms with Crippen molar-refractivity contribution in [3.8, 4) is 0 Å². The van der Waals surface area contributed by atoms with Crippen LogP contribution in [0.1, 0.15) is 33.1 Å². The summed E-state index contributed by atoms with van der Waals surface area (Å²) in [6.07, 6.45) is 2.53. The van der Waals surface area contributed by atoms with Crippen LogP contribution in [0, 0.1) is 5.92 Å². The normalized spacial score (nSPS) is 20.9. The molecule has 5 heteroatoms. The van der Waals surface area contributed by atoms with Crippen LogP contribution in [-0.2, 0) is 4.79 Å². The molecular weight excluding hydrogens is 192 g/mol. The van der Waals surface area contributed by atoms with Crippen LogP contribution in [-0.4, -0.2) is 29.9 Å². The average molecular weight is 210 g/mol. The fourth-order valence-corrected chi connectivity index (χ4v) is 2.17. The maximum absolute atomic E-state index is 11.7. The smallest absolute Gasteiger partial charge is 0.223 e. The van der Waals surface area contributed by atoms with E-state index in [0.29, 0.717) is 19.0 Å². The van der Waals surface area contributed by atoms with E-state index >= 15 is 0 Å². The summed E-state index contributed by atoms with van der Waals surface area (Å²) in [5.74, 6) is 0.427. The summed E-state index contributed by atoms with van der Waals surface area (Å²) in [6, 6.07) is 0.355. The van der Waals surface area contributed by atoms with E-state index in [9.17, 15) is 4.79 Å². The minimum Gasteiger partial charge on any atom is -0.339 e. The first kappa shape index (κ1) is 11.9. The summed E-state index contributed by atoms with van der Waals surface area (Å²) < 4.78 is 0. The van der Waals surface area contributed by atoms with Crippen molar-refractivity contribution in [2.24, 2.45) is 11.0 Å². The fraction of sp³-hybridized carbons (Fsp3) is 0.900. The molecule has 1 heterocycles. The molecule has 0 saturated carbocycles. The zero-order valence-corrected chi connectivity index (χ0v) is 9.39. The van der Waals surface area contributed by atoms with Crippen molar-refractivity contribution in [3.05, 3.63) is 10.4 Å². The van der Waals surface area contributed by atoms with Gasteiger partial charge in [-0.25, -0.2) is 0 Å². The Bertz CT molecular complexity index is 269. The minimum atomic E-state index is 0.210. The van der Waals surface area contributed by atoms with Gasteiger partial charge in [-0.05, 0) is 24.3 Å². The van der Waals surface area contributed by atoms with Crippen LogP contribution in [0.5, 0.6) is 0 Å². The lowest BCUT2D eigenvalue weighted by molar-refractivity contribution is -0.129. The van der Waals surface area contributed by atoms with Crippen molar-refractivity contribution >= 4 is 5.91 Å². The maximum atomic E-state index is 11.7. The number of amides is 1. The molecule has 0 aliphatic carbocycles. The first-order valence-corrected chi connectivity index (χ1v) is 5.53. The predicted molar refractivity (Wildman–Crippen MR) is 58.2 cm³/mol. The number of likely N-dealkylation sites (tertiary alicyclic amines) is 1. The van der Waals surface area contributed by atoms with E-state index in [1.165, 1.54) is 0 Å². The highest BCUT2D eigenvalue weighted by Crippen LogP contribution is 2.23. The number of carbonyl (C=O) groups excluding carboxylic acids is 1. The summed E-state index contributed by atoms with van der Waals surface area (Å²) in [5, 5.41) is 3.54. The molecule has 0 spiro atoms. The molecule has 1 atom stereocenters. The van der Waals surface area contributed by atoms with Gasteiger partial charge in [0.05, 0.1) is 0 Å². The second kappa shape index (κ2) is 5.61. The monoisotopic (exact) mass is 210 g/mol. The van der Waals surface area contributed by atoms with Gasteiger partial charge < -0.3 is 4.90 Å². The van der Waals surface area contributed by atoms with Crippen LogP contribution in [0.2, 0.25) is 0 Å². The zero-order valence-electron chi connectivity index (χ0n) is 9.39. The first-order valence-electron chi connectivity index (χ1n) is 5.53.